The SMILES string of the molecule is NCc1ccc(N2CCC(OCCO)CC2)cc1Br. The molecule has 1 saturated heterocycles. The lowest BCUT2D eigenvalue weighted by molar-refractivity contribution is 0.0159. The standard InChI is InChI=1S/C14H21BrN2O2/c15-14-9-12(2-1-11(14)10-16)17-5-3-13(4-6-17)19-8-7-18/h1-2,9,13,18H,3-8,10,16H2. The molecule has 1 heterocycles. The minimum atomic E-state index is 0.105. The van der Waals surface area contributed by atoms with E-state index >= 15 is 0 Å². The van der Waals surface area contributed by atoms with Gasteiger partial charge in [0.15, 0.2) is 0 Å². The Morgan fingerprint density at radius 2 is 2.11 bits per heavy atom. The summed E-state index contributed by atoms with van der Waals surface area (Å²) >= 11 is 3.56. The number of ether oxygens (including phenoxy) is 1. The quantitative estimate of drug-likeness (QED) is 0.866. The van der Waals surface area contributed by atoms with E-state index in [1.807, 2.05) is 0 Å². The number of hydrogen-bond donors (Lipinski definition) is 2. The molecular formula is C14H21BrN2O2. The van der Waals surface area contributed by atoms with Crippen LogP contribution in [0.2, 0.25) is 0 Å². The van der Waals surface area contributed by atoms with E-state index < -0.39 is 0 Å². The highest BCUT2D eigenvalue weighted by Gasteiger charge is 2.20. The zero-order valence-electron chi connectivity index (χ0n) is 11.0. The Morgan fingerprint density at radius 3 is 2.68 bits per heavy atom. The minimum absolute atomic E-state index is 0.105. The van der Waals surface area contributed by atoms with Gasteiger partial charge in [-0.25, -0.2) is 0 Å². The third kappa shape index (κ3) is 3.92. The molecule has 1 aliphatic rings. The van der Waals surface area contributed by atoms with E-state index in [0.29, 0.717) is 13.2 Å². The number of rotatable bonds is 5. The first-order chi connectivity index (χ1) is 9.24. The summed E-state index contributed by atoms with van der Waals surface area (Å²) in [5.41, 5.74) is 8.02. The van der Waals surface area contributed by atoms with Crippen LogP contribution in [-0.4, -0.2) is 37.5 Å². The number of benzene rings is 1. The zero-order chi connectivity index (χ0) is 13.7. The highest BCUT2D eigenvalue weighted by atomic mass is 79.9. The maximum absolute atomic E-state index is 8.76. The molecule has 19 heavy (non-hydrogen) atoms. The Kier molecular flexibility index (Phi) is 5.63. The van der Waals surface area contributed by atoms with Crippen molar-refractivity contribution in [2.24, 2.45) is 5.73 Å². The molecule has 0 unspecified atom stereocenters. The monoisotopic (exact) mass is 328 g/mol. The fourth-order valence-electron chi connectivity index (χ4n) is 2.40. The maximum Gasteiger partial charge on any atom is 0.0701 e. The van der Waals surface area contributed by atoms with Gasteiger partial charge in [0, 0.05) is 29.8 Å². The molecule has 0 bridgehead atoms. The summed E-state index contributed by atoms with van der Waals surface area (Å²) in [6.07, 6.45) is 2.31. The molecule has 0 aromatic heterocycles. The van der Waals surface area contributed by atoms with Gasteiger partial charge in [-0.1, -0.05) is 22.0 Å². The van der Waals surface area contributed by atoms with Gasteiger partial charge in [0.2, 0.25) is 0 Å². The van der Waals surface area contributed by atoms with E-state index in [9.17, 15) is 0 Å². The van der Waals surface area contributed by atoms with Crippen LogP contribution in [0, 0.1) is 0 Å². The summed E-state index contributed by atoms with van der Waals surface area (Å²) in [4.78, 5) is 2.36. The molecule has 106 valence electrons. The molecule has 4 nitrogen and oxygen atoms in total. The predicted molar refractivity (Wildman–Crippen MR) is 80.3 cm³/mol. The first kappa shape index (κ1) is 14.8. The fourth-order valence-corrected chi connectivity index (χ4v) is 2.93. The Labute approximate surface area is 122 Å². The summed E-state index contributed by atoms with van der Waals surface area (Å²) in [5, 5.41) is 8.76. The Morgan fingerprint density at radius 1 is 1.37 bits per heavy atom. The second-order valence-corrected chi connectivity index (χ2v) is 5.61. The number of anilines is 1. The van der Waals surface area contributed by atoms with Crippen LogP contribution < -0.4 is 10.6 Å². The fraction of sp³-hybridized carbons (Fsp3) is 0.571. The third-order valence-corrected chi connectivity index (χ3v) is 4.25. The molecule has 0 saturated carbocycles. The van der Waals surface area contributed by atoms with Crippen LogP contribution in [0.3, 0.4) is 0 Å². The lowest BCUT2D eigenvalue weighted by Gasteiger charge is -2.33. The molecule has 0 amide bonds. The van der Waals surface area contributed by atoms with Gasteiger partial charge in [-0.2, -0.15) is 0 Å². The van der Waals surface area contributed by atoms with Gasteiger partial charge < -0.3 is 20.5 Å². The smallest absolute Gasteiger partial charge is 0.0701 e. The van der Waals surface area contributed by atoms with E-state index in [4.69, 9.17) is 15.6 Å². The Balaban J connectivity index is 1.92. The summed E-state index contributed by atoms with van der Waals surface area (Å²) in [6.45, 7) is 3.09. The van der Waals surface area contributed by atoms with Crippen molar-refractivity contribution in [3.8, 4) is 0 Å². The highest BCUT2D eigenvalue weighted by Crippen LogP contribution is 2.26. The number of aliphatic hydroxyl groups excluding tert-OH is 1. The van der Waals surface area contributed by atoms with Crippen molar-refractivity contribution in [3.05, 3.63) is 28.2 Å². The van der Waals surface area contributed by atoms with E-state index in [-0.39, 0.29) is 12.7 Å². The largest absolute Gasteiger partial charge is 0.394 e. The average molecular weight is 329 g/mol. The van der Waals surface area contributed by atoms with Gasteiger partial charge in [-0.15, -0.1) is 0 Å². The van der Waals surface area contributed by atoms with E-state index in [2.05, 4.69) is 39.0 Å². The summed E-state index contributed by atoms with van der Waals surface area (Å²) in [6, 6.07) is 6.34. The van der Waals surface area contributed by atoms with Gasteiger partial charge in [0.1, 0.15) is 0 Å². The first-order valence-electron chi connectivity index (χ1n) is 6.70. The van der Waals surface area contributed by atoms with E-state index in [1.165, 1.54) is 5.69 Å². The topological polar surface area (TPSA) is 58.7 Å². The van der Waals surface area contributed by atoms with Gasteiger partial charge in [-0.05, 0) is 30.5 Å². The molecule has 0 atom stereocenters. The molecule has 5 heteroatoms. The summed E-state index contributed by atoms with van der Waals surface area (Å²) in [7, 11) is 0. The molecule has 1 aromatic rings. The normalized spacial score (nSPS) is 16.9. The van der Waals surface area contributed by atoms with Crippen molar-refractivity contribution < 1.29 is 9.84 Å². The molecule has 1 aromatic carbocycles. The predicted octanol–water partition coefficient (Wildman–Crippen LogP) is 1.89. The molecule has 1 aliphatic heterocycles. The minimum Gasteiger partial charge on any atom is -0.394 e. The van der Waals surface area contributed by atoms with Crippen LogP contribution in [0.1, 0.15) is 18.4 Å². The Hall–Kier alpha value is -0.620. The summed E-state index contributed by atoms with van der Waals surface area (Å²) in [5.74, 6) is 0. The second kappa shape index (κ2) is 7.24. The van der Waals surface area contributed by atoms with Gasteiger partial charge in [-0.3, -0.25) is 0 Å². The molecule has 1 fully saturated rings. The van der Waals surface area contributed by atoms with Crippen LogP contribution in [0.4, 0.5) is 5.69 Å². The van der Waals surface area contributed by atoms with Gasteiger partial charge >= 0.3 is 0 Å². The van der Waals surface area contributed by atoms with Crippen molar-refractivity contribution in [1.29, 1.82) is 0 Å². The number of hydrogen-bond acceptors (Lipinski definition) is 4. The van der Waals surface area contributed by atoms with Gasteiger partial charge in [0.05, 0.1) is 19.3 Å². The van der Waals surface area contributed by atoms with Crippen molar-refractivity contribution in [2.75, 3.05) is 31.2 Å². The molecule has 0 radical (unpaired) electrons. The van der Waals surface area contributed by atoms with Crippen molar-refractivity contribution in [2.45, 2.75) is 25.5 Å². The molecule has 3 N–H and O–H groups in total. The molecule has 0 spiro atoms. The van der Waals surface area contributed by atoms with E-state index in [1.54, 1.807) is 0 Å². The number of nitrogens with zero attached hydrogens (tertiary/aromatic N) is 1. The van der Waals surface area contributed by atoms with Crippen LogP contribution in [0.15, 0.2) is 22.7 Å². The average Bonchev–Trinajstić information content (AvgIpc) is 2.45. The van der Waals surface area contributed by atoms with Crippen molar-refractivity contribution >= 4 is 21.6 Å². The maximum atomic E-state index is 8.76. The lowest BCUT2D eigenvalue weighted by Crippen LogP contribution is -2.37. The van der Waals surface area contributed by atoms with Crippen LogP contribution in [0.5, 0.6) is 0 Å². The second-order valence-electron chi connectivity index (χ2n) is 4.76. The Bertz CT molecular complexity index is 406. The zero-order valence-corrected chi connectivity index (χ0v) is 12.6. The number of piperidine rings is 1. The first-order valence-corrected chi connectivity index (χ1v) is 7.49. The van der Waals surface area contributed by atoms with Crippen LogP contribution in [0.25, 0.3) is 0 Å². The number of nitrogens with two attached hydrogens (primary N) is 1. The number of halogens is 1. The van der Waals surface area contributed by atoms with Gasteiger partial charge in [0.25, 0.3) is 0 Å². The van der Waals surface area contributed by atoms with Crippen molar-refractivity contribution in [1.82, 2.24) is 0 Å². The lowest BCUT2D eigenvalue weighted by atomic mass is 10.1. The van der Waals surface area contributed by atoms with Crippen molar-refractivity contribution in [3.63, 3.8) is 0 Å². The molecular weight excluding hydrogens is 308 g/mol. The molecule has 2 rings (SSSR count). The highest BCUT2D eigenvalue weighted by molar-refractivity contribution is 9.10. The third-order valence-electron chi connectivity index (χ3n) is 3.51. The van der Waals surface area contributed by atoms with Crippen LogP contribution >= 0.6 is 15.9 Å². The van der Waals surface area contributed by atoms with Crippen LogP contribution in [-0.2, 0) is 11.3 Å². The number of aliphatic hydroxyl groups is 1. The summed E-state index contributed by atoms with van der Waals surface area (Å²) < 4.78 is 6.65. The molecule has 0 aliphatic carbocycles. The van der Waals surface area contributed by atoms with E-state index in [0.717, 1.165) is 36.0 Å².